The van der Waals surface area contributed by atoms with Gasteiger partial charge in [-0.25, -0.2) is 4.68 Å². The number of nitrogens with one attached hydrogen (secondary N) is 2. The second kappa shape index (κ2) is 9.05. The zero-order valence-electron chi connectivity index (χ0n) is 17.4. The molecule has 4 rings (SSSR count). The van der Waals surface area contributed by atoms with Crippen molar-refractivity contribution in [3.63, 3.8) is 0 Å². The predicted octanol–water partition coefficient (Wildman–Crippen LogP) is 2.72. The van der Waals surface area contributed by atoms with Crippen LogP contribution in [0.1, 0.15) is 65.1 Å². The molecule has 0 spiro atoms. The van der Waals surface area contributed by atoms with Gasteiger partial charge in [0.05, 0.1) is 17.8 Å². The summed E-state index contributed by atoms with van der Waals surface area (Å²) in [5, 5.41) is 14.9. The van der Waals surface area contributed by atoms with E-state index in [0.717, 1.165) is 51.1 Å². The number of benzene rings is 1. The monoisotopic (exact) mass is 397 g/mol. The van der Waals surface area contributed by atoms with Crippen LogP contribution in [0.25, 0.3) is 0 Å². The minimum Gasteiger partial charge on any atom is -0.373 e. The molecular formula is C22H31N5O2. The van der Waals surface area contributed by atoms with Gasteiger partial charge in [0.1, 0.15) is 0 Å². The molecule has 2 atom stereocenters. The average molecular weight is 398 g/mol. The Morgan fingerprint density at radius 3 is 2.72 bits per heavy atom. The lowest BCUT2D eigenvalue weighted by molar-refractivity contribution is -0.0272. The zero-order valence-corrected chi connectivity index (χ0v) is 17.4. The van der Waals surface area contributed by atoms with Gasteiger partial charge in [-0.1, -0.05) is 35.0 Å². The Kier molecular flexibility index (Phi) is 6.25. The highest BCUT2D eigenvalue weighted by Gasteiger charge is 2.29. The van der Waals surface area contributed by atoms with Gasteiger partial charge in [-0.15, -0.1) is 5.10 Å². The first-order valence-electron chi connectivity index (χ1n) is 10.7. The number of hydrogen-bond acceptors (Lipinski definition) is 5. The summed E-state index contributed by atoms with van der Waals surface area (Å²) in [4.78, 5) is 12.8. The van der Waals surface area contributed by atoms with Crippen LogP contribution >= 0.6 is 0 Å². The summed E-state index contributed by atoms with van der Waals surface area (Å²) in [5.74, 6) is 0.117. The van der Waals surface area contributed by atoms with E-state index in [4.69, 9.17) is 4.74 Å². The van der Waals surface area contributed by atoms with E-state index in [-0.39, 0.29) is 17.9 Å². The van der Waals surface area contributed by atoms with Crippen LogP contribution in [0.2, 0.25) is 0 Å². The molecule has 0 bridgehead atoms. The maximum absolute atomic E-state index is 12.8. The fourth-order valence-corrected chi connectivity index (χ4v) is 4.43. The number of nitrogens with zero attached hydrogens (tertiary/aromatic N) is 3. The van der Waals surface area contributed by atoms with Crippen molar-refractivity contribution in [3.8, 4) is 0 Å². The van der Waals surface area contributed by atoms with E-state index in [0.29, 0.717) is 18.3 Å². The van der Waals surface area contributed by atoms with Crippen molar-refractivity contribution in [1.82, 2.24) is 25.6 Å². The van der Waals surface area contributed by atoms with Crippen LogP contribution < -0.4 is 10.6 Å². The number of piperidine rings is 1. The standard InChI is InChI=1S/C22H31N5O2/c1-15-5-7-17(8-6-15)21-18(4-3-13-29-21)14-24-22(28)20-16(2)27(26-25-20)19-9-11-23-12-10-19/h5-8,18-19,21,23H,3-4,9-14H2,1-2H3,(H,24,28). The molecule has 1 aromatic heterocycles. The normalized spacial score (nSPS) is 23.1. The second-order valence-corrected chi connectivity index (χ2v) is 8.26. The minimum absolute atomic E-state index is 0.0242. The fraction of sp³-hybridized carbons (Fsp3) is 0.591. The Morgan fingerprint density at radius 2 is 1.97 bits per heavy atom. The van der Waals surface area contributed by atoms with Crippen molar-refractivity contribution >= 4 is 5.91 Å². The summed E-state index contributed by atoms with van der Waals surface area (Å²) in [7, 11) is 0. The molecule has 2 unspecified atom stereocenters. The molecule has 1 aromatic carbocycles. The summed E-state index contributed by atoms with van der Waals surface area (Å²) < 4.78 is 8.00. The first-order valence-corrected chi connectivity index (χ1v) is 10.7. The highest BCUT2D eigenvalue weighted by Crippen LogP contribution is 2.33. The van der Waals surface area contributed by atoms with Crippen LogP contribution in [0, 0.1) is 19.8 Å². The molecular weight excluding hydrogens is 366 g/mol. The van der Waals surface area contributed by atoms with Gasteiger partial charge in [0, 0.05) is 19.1 Å². The van der Waals surface area contributed by atoms with Gasteiger partial charge in [0.2, 0.25) is 0 Å². The van der Waals surface area contributed by atoms with Gasteiger partial charge in [-0.3, -0.25) is 4.79 Å². The minimum atomic E-state index is -0.143. The lowest BCUT2D eigenvalue weighted by atomic mass is 9.89. The fourth-order valence-electron chi connectivity index (χ4n) is 4.43. The molecule has 2 saturated heterocycles. The second-order valence-electron chi connectivity index (χ2n) is 8.26. The average Bonchev–Trinajstić information content (AvgIpc) is 3.15. The van der Waals surface area contributed by atoms with Gasteiger partial charge in [0.15, 0.2) is 5.69 Å². The third-order valence-electron chi connectivity index (χ3n) is 6.17. The molecule has 2 aromatic rings. The highest BCUT2D eigenvalue weighted by atomic mass is 16.5. The number of rotatable bonds is 5. The molecule has 3 heterocycles. The highest BCUT2D eigenvalue weighted by molar-refractivity contribution is 5.93. The Bertz CT molecular complexity index is 826. The molecule has 7 nitrogen and oxygen atoms in total. The van der Waals surface area contributed by atoms with E-state index in [1.807, 2.05) is 11.6 Å². The van der Waals surface area contributed by atoms with Crippen LogP contribution in [-0.2, 0) is 4.74 Å². The molecule has 7 heteroatoms. The molecule has 156 valence electrons. The third-order valence-corrected chi connectivity index (χ3v) is 6.17. The van der Waals surface area contributed by atoms with Crippen molar-refractivity contribution in [2.45, 2.75) is 51.7 Å². The molecule has 2 aliphatic rings. The number of ether oxygens (including phenoxy) is 1. The molecule has 2 fully saturated rings. The van der Waals surface area contributed by atoms with Crippen LogP contribution in [0.4, 0.5) is 0 Å². The van der Waals surface area contributed by atoms with Gasteiger partial charge in [-0.05, 0) is 58.2 Å². The maximum atomic E-state index is 12.8. The number of carbonyl (C=O) groups is 1. The number of hydrogen-bond donors (Lipinski definition) is 2. The largest absolute Gasteiger partial charge is 0.373 e. The van der Waals surface area contributed by atoms with Gasteiger partial charge in [0.25, 0.3) is 5.91 Å². The van der Waals surface area contributed by atoms with E-state index in [2.05, 4.69) is 52.1 Å². The van der Waals surface area contributed by atoms with Crippen LogP contribution in [-0.4, -0.2) is 47.1 Å². The molecule has 0 radical (unpaired) electrons. The summed E-state index contributed by atoms with van der Waals surface area (Å²) in [6.07, 6.45) is 4.12. The molecule has 2 N–H and O–H groups in total. The molecule has 0 aliphatic carbocycles. The number of amides is 1. The van der Waals surface area contributed by atoms with Gasteiger partial charge >= 0.3 is 0 Å². The zero-order chi connectivity index (χ0) is 20.2. The number of aryl methyl sites for hydroxylation is 1. The number of carbonyl (C=O) groups excluding carboxylic acids is 1. The van der Waals surface area contributed by atoms with E-state index in [1.54, 1.807) is 0 Å². The molecule has 29 heavy (non-hydrogen) atoms. The van der Waals surface area contributed by atoms with Crippen LogP contribution in [0.5, 0.6) is 0 Å². The third kappa shape index (κ3) is 4.51. The SMILES string of the molecule is Cc1ccc(C2OCCCC2CNC(=O)c2nnn(C3CCNCC3)c2C)cc1. The molecule has 2 aliphatic heterocycles. The Balaban J connectivity index is 1.40. The Morgan fingerprint density at radius 1 is 1.21 bits per heavy atom. The van der Waals surface area contributed by atoms with Crippen molar-refractivity contribution in [2.24, 2.45) is 5.92 Å². The molecule has 1 amide bonds. The van der Waals surface area contributed by atoms with E-state index >= 15 is 0 Å². The quantitative estimate of drug-likeness (QED) is 0.811. The van der Waals surface area contributed by atoms with Crippen molar-refractivity contribution < 1.29 is 9.53 Å². The lowest BCUT2D eigenvalue weighted by Crippen LogP contribution is -2.35. The van der Waals surface area contributed by atoms with E-state index < -0.39 is 0 Å². The van der Waals surface area contributed by atoms with Crippen molar-refractivity contribution in [3.05, 3.63) is 46.8 Å². The lowest BCUT2D eigenvalue weighted by Gasteiger charge is -2.32. The summed E-state index contributed by atoms with van der Waals surface area (Å²) in [6.45, 7) is 7.34. The van der Waals surface area contributed by atoms with Crippen molar-refractivity contribution in [2.75, 3.05) is 26.2 Å². The first kappa shape index (κ1) is 20.0. The summed E-state index contributed by atoms with van der Waals surface area (Å²) in [6, 6.07) is 8.82. The van der Waals surface area contributed by atoms with Crippen molar-refractivity contribution in [1.29, 1.82) is 0 Å². The smallest absolute Gasteiger partial charge is 0.273 e. The van der Waals surface area contributed by atoms with Crippen LogP contribution in [0.15, 0.2) is 24.3 Å². The first-order chi connectivity index (χ1) is 14.1. The van der Waals surface area contributed by atoms with Gasteiger partial charge < -0.3 is 15.4 Å². The number of aromatic nitrogens is 3. The van der Waals surface area contributed by atoms with E-state index in [1.165, 1.54) is 11.1 Å². The van der Waals surface area contributed by atoms with Crippen LogP contribution in [0.3, 0.4) is 0 Å². The topological polar surface area (TPSA) is 81.1 Å². The summed E-state index contributed by atoms with van der Waals surface area (Å²) in [5.41, 5.74) is 3.71. The Labute approximate surface area is 172 Å². The molecule has 0 saturated carbocycles. The Hall–Kier alpha value is -2.25. The van der Waals surface area contributed by atoms with E-state index in [9.17, 15) is 4.79 Å². The maximum Gasteiger partial charge on any atom is 0.273 e. The van der Waals surface area contributed by atoms with Gasteiger partial charge in [-0.2, -0.15) is 0 Å². The summed E-state index contributed by atoms with van der Waals surface area (Å²) >= 11 is 0. The predicted molar refractivity (Wildman–Crippen MR) is 111 cm³/mol.